The third-order valence-corrected chi connectivity index (χ3v) is 7.85. The Morgan fingerprint density at radius 1 is 0.865 bits per heavy atom. The molecule has 3 aromatic carbocycles. The Hall–Kier alpha value is -3.07. The van der Waals surface area contributed by atoms with E-state index in [0.29, 0.717) is 10.0 Å². The molecular formula is C27H29Cl2N3O4S. The van der Waals surface area contributed by atoms with Crippen LogP contribution < -0.4 is 9.62 Å². The van der Waals surface area contributed by atoms with Gasteiger partial charge in [0.2, 0.25) is 11.8 Å². The van der Waals surface area contributed by atoms with Gasteiger partial charge in [-0.25, -0.2) is 8.42 Å². The van der Waals surface area contributed by atoms with E-state index in [2.05, 4.69) is 5.32 Å². The van der Waals surface area contributed by atoms with Crippen LogP contribution in [0.4, 0.5) is 5.69 Å². The van der Waals surface area contributed by atoms with E-state index in [1.54, 1.807) is 67.6 Å². The molecule has 0 saturated heterocycles. The Morgan fingerprint density at radius 2 is 1.51 bits per heavy atom. The van der Waals surface area contributed by atoms with Crippen LogP contribution in [0.2, 0.25) is 10.0 Å². The van der Waals surface area contributed by atoms with Gasteiger partial charge in [-0.2, -0.15) is 0 Å². The van der Waals surface area contributed by atoms with Crippen molar-refractivity contribution in [3.05, 3.63) is 94.5 Å². The SMILES string of the molecule is CC(C)NC(=O)[C@H](C)N(Cc1ccc(Cl)cc1)C(=O)CN(c1cccc(Cl)c1)S(=O)(=O)c1ccccc1. The lowest BCUT2D eigenvalue weighted by Crippen LogP contribution is -2.52. The zero-order valence-electron chi connectivity index (χ0n) is 20.8. The zero-order valence-corrected chi connectivity index (χ0v) is 23.1. The average Bonchev–Trinajstić information content (AvgIpc) is 2.86. The van der Waals surface area contributed by atoms with Crippen LogP contribution in [-0.4, -0.2) is 43.8 Å². The van der Waals surface area contributed by atoms with Crippen LogP contribution in [0, 0.1) is 0 Å². The molecule has 0 aliphatic carbocycles. The lowest BCUT2D eigenvalue weighted by molar-refractivity contribution is -0.139. The van der Waals surface area contributed by atoms with Gasteiger partial charge in [0, 0.05) is 22.6 Å². The number of halogens is 2. The van der Waals surface area contributed by atoms with Crippen LogP contribution in [0.25, 0.3) is 0 Å². The van der Waals surface area contributed by atoms with E-state index >= 15 is 0 Å². The van der Waals surface area contributed by atoms with Gasteiger partial charge in [-0.05, 0) is 68.8 Å². The number of sulfonamides is 1. The summed E-state index contributed by atoms with van der Waals surface area (Å²) in [6, 6.07) is 20.0. The molecule has 0 radical (unpaired) electrons. The number of anilines is 1. The van der Waals surface area contributed by atoms with E-state index < -0.39 is 28.5 Å². The summed E-state index contributed by atoms with van der Waals surface area (Å²) in [5, 5.41) is 3.67. The van der Waals surface area contributed by atoms with E-state index in [1.807, 2.05) is 13.8 Å². The maximum Gasteiger partial charge on any atom is 0.264 e. The number of amides is 2. The molecule has 1 N–H and O–H groups in total. The van der Waals surface area contributed by atoms with Crippen molar-refractivity contribution in [1.82, 2.24) is 10.2 Å². The first-order valence-corrected chi connectivity index (χ1v) is 13.9. The normalized spacial score (nSPS) is 12.2. The van der Waals surface area contributed by atoms with Crippen LogP contribution in [0.5, 0.6) is 0 Å². The minimum absolute atomic E-state index is 0.0256. The summed E-state index contributed by atoms with van der Waals surface area (Å²) in [6.07, 6.45) is 0. The Morgan fingerprint density at radius 3 is 2.11 bits per heavy atom. The zero-order chi connectivity index (χ0) is 27.2. The Bertz CT molecular complexity index is 1330. The molecule has 7 nitrogen and oxygen atoms in total. The monoisotopic (exact) mass is 561 g/mol. The number of rotatable bonds is 10. The fraction of sp³-hybridized carbons (Fsp3) is 0.259. The highest BCUT2D eigenvalue weighted by atomic mass is 35.5. The largest absolute Gasteiger partial charge is 0.352 e. The number of nitrogens with one attached hydrogen (secondary N) is 1. The first kappa shape index (κ1) is 28.5. The third kappa shape index (κ3) is 7.47. The molecule has 2 amide bonds. The molecule has 3 rings (SSSR count). The van der Waals surface area contributed by atoms with E-state index in [4.69, 9.17) is 23.2 Å². The standard InChI is InChI=1S/C27H29Cl2N3O4S/c1-19(2)30-27(34)20(3)31(17-21-12-14-22(28)15-13-21)26(33)18-32(24-9-7-8-23(29)16-24)37(35,36)25-10-5-4-6-11-25/h4-16,19-20H,17-18H2,1-3H3,(H,30,34)/t20-/m0/s1. The Kier molecular flexibility index (Phi) is 9.59. The predicted molar refractivity (Wildman–Crippen MR) is 147 cm³/mol. The van der Waals surface area contributed by atoms with Crippen LogP contribution in [-0.2, 0) is 26.2 Å². The van der Waals surface area contributed by atoms with Gasteiger partial charge in [-0.1, -0.05) is 59.6 Å². The molecule has 0 aromatic heterocycles. The summed E-state index contributed by atoms with van der Waals surface area (Å²) in [4.78, 5) is 28.0. The van der Waals surface area contributed by atoms with Crippen molar-refractivity contribution in [1.29, 1.82) is 0 Å². The molecule has 1 atom stereocenters. The van der Waals surface area contributed by atoms with Crippen LogP contribution in [0.3, 0.4) is 0 Å². The van der Waals surface area contributed by atoms with Gasteiger partial charge in [0.25, 0.3) is 10.0 Å². The summed E-state index contributed by atoms with van der Waals surface area (Å²) in [5.41, 5.74) is 0.970. The minimum atomic E-state index is -4.13. The maximum absolute atomic E-state index is 13.8. The molecule has 0 heterocycles. The molecule has 0 aliphatic rings. The molecule has 196 valence electrons. The van der Waals surface area contributed by atoms with Crippen molar-refractivity contribution in [2.24, 2.45) is 0 Å². The van der Waals surface area contributed by atoms with Crippen molar-refractivity contribution in [2.45, 2.75) is 44.3 Å². The highest BCUT2D eigenvalue weighted by Crippen LogP contribution is 2.27. The lowest BCUT2D eigenvalue weighted by Gasteiger charge is -2.32. The number of benzene rings is 3. The van der Waals surface area contributed by atoms with Gasteiger partial charge in [-0.3, -0.25) is 13.9 Å². The Labute approximate surface area is 228 Å². The van der Waals surface area contributed by atoms with E-state index in [0.717, 1.165) is 9.87 Å². The fourth-order valence-corrected chi connectivity index (χ4v) is 5.39. The first-order chi connectivity index (χ1) is 17.5. The second-order valence-electron chi connectivity index (χ2n) is 8.79. The number of hydrogen-bond donors (Lipinski definition) is 1. The van der Waals surface area contributed by atoms with E-state index in [9.17, 15) is 18.0 Å². The van der Waals surface area contributed by atoms with E-state index in [1.165, 1.54) is 23.1 Å². The third-order valence-electron chi connectivity index (χ3n) is 5.57. The maximum atomic E-state index is 13.8. The highest BCUT2D eigenvalue weighted by Gasteiger charge is 2.32. The highest BCUT2D eigenvalue weighted by molar-refractivity contribution is 7.92. The van der Waals surface area contributed by atoms with Gasteiger partial charge in [0.1, 0.15) is 12.6 Å². The van der Waals surface area contributed by atoms with Crippen molar-refractivity contribution >= 4 is 50.7 Å². The molecule has 0 bridgehead atoms. The summed E-state index contributed by atoms with van der Waals surface area (Å²) in [7, 11) is -4.13. The van der Waals surface area contributed by atoms with Crippen molar-refractivity contribution in [2.75, 3.05) is 10.8 Å². The lowest BCUT2D eigenvalue weighted by atomic mass is 10.1. The predicted octanol–water partition coefficient (Wildman–Crippen LogP) is 5.13. The molecule has 3 aromatic rings. The van der Waals surface area contributed by atoms with Gasteiger partial charge in [-0.15, -0.1) is 0 Å². The van der Waals surface area contributed by atoms with Crippen LogP contribution in [0.15, 0.2) is 83.8 Å². The second-order valence-corrected chi connectivity index (χ2v) is 11.5. The van der Waals surface area contributed by atoms with Gasteiger partial charge in [0.15, 0.2) is 0 Å². The van der Waals surface area contributed by atoms with Gasteiger partial charge >= 0.3 is 0 Å². The topological polar surface area (TPSA) is 86.8 Å². The molecule has 0 saturated carbocycles. The number of nitrogens with zero attached hydrogens (tertiary/aromatic N) is 2. The van der Waals surface area contributed by atoms with E-state index in [-0.39, 0.29) is 29.1 Å². The number of carbonyl (C=O) groups excluding carboxylic acids is 2. The second kappa shape index (κ2) is 12.4. The first-order valence-electron chi connectivity index (χ1n) is 11.7. The average molecular weight is 563 g/mol. The molecule has 0 aliphatic heterocycles. The number of hydrogen-bond acceptors (Lipinski definition) is 4. The van der Waals surface area contributed by atoms with Crippen LogP contribution in [0.1, 0.15) is 26.3 Å². The summed E-state index contributed by atoms with van der Waals surface area (Å²) >= 11 is 12.2. The van der Waals surface area contributed by atoms with Crippen LogP contribution >= 0.6 is 23.2 Å². The molecule has 0 spiro atoms. The summed E-state index contributed by atoms with van der Waals surface area (Å²) in [6.45, 7) is 4.80. The molecule has 0 unspecified atom stereocenters. The summed E-state index contributed by atoms with van der Waals surface area (Å²) in [5.74, 6) is -0.904. The van der Waals surface area contributed by atoms with Gasteiger partial charge in [0.05, 0.1) is 10.6 Å². The Balaban J connectivity index is 2.01. The fourth-order valence-electron chi connectivity index (χ4n) is 3.65. The van der Waals surface area contributed by atoms with Crippen molar-refractivity contribution < 1.29 is 18.0 Å². The van der Waals surface area contributed by atoms with Crippen molar-refractivity contribution in [3.63, 3.8) is 0 Å². The van der Waals surface area contributed by atoms with Crippen molar-refractivity contribution in [3.8, 4) is 0 Å². The smallest absolute Gasteiger partial charge is 0.264 e. The quantitative estimate of drug-likeness (QED) is 0.371. The molecule has 37 heavy (non-hydrogen) atoms. The molecule has 0 fully saturated rings. The van der Waals surface area contributed by atoms with Gasteiger partial charge < -0.3 is 10.2 Å². The summed E-state index contributed by atoms with van der Waals surface area (Å²) < 4.78 is 28.3. The molecular weight excluding hydrogens is 533 g/mol. The number of carbonyl (C=O) groups is 2. The molecule has 10 heteroatoms. The minimum Gasteiger partial charge on any atom is -0.352 e.